The number of nitrogens with two attached hydrogens (primary N) is 1. The third kappa shape index (κ3) is 4.93. The Morgan fingerprint density at radius 1 is 1.03 bits per heavy atom. The number of likely N-dealkylation sites (tertiary alicyclic amines) is 3. The van der Waals surface area contributed by atoms with E-state index in [0.29, 0.717) is 41.0 Å². The van der Waals surface area contributed by atoms with Gasteiger partial charge >= 0.3 is 6.03 Å². The number of fused-ring (bicyclic) bond motifs is 1. The SMILES string of the molecule is Nc1c(Cl)cc(C(=O)NC2CCN(CC3CCN(C(=O)N4CCCC4)CC3)CC2)c2c1CCO2. The number of halogens is 1. The summed E-state index contributed by atoms with van der Waals surface area (Å²) in [5.41, 5.74) is 7.92. The average molecular weight is 490 g/mol. The number of nitrogen functional groups attached to an aromatic ring is 1. The lowest BCUT2D eigenvalue weighted by atomic mass is 9.94. The second kappa shape index (κ2) is 10.2. The summed E-state index contributed by atoms with van der Waals surface area (Å²) in [6.45, 7) is 7.18. The van der Waals surface area contributed by atoms with E-state index in [1.165, 1.54) is 0 Å². The van der Waals surface area contributed by atoms with Crippen molar-refractivity contribution in [1.29, 1.82) is 0 Å². The zero-order valence-corrected chi connectivity index (χ0v) is 20.6. The van der Waals surface area contributed by atoms with E-state index in [0.717, 1.165) is 89.9 Å². The molecule has 1 aromatic carbocycles. The first kappa shape index (κ1) is 23.5. The monoisotopic (exact) mass is 489 g/mol. The van der Waals surface area contributed by atoms with E-state index in [4.69, 9.17) is 22.1 Å². The molecule has 9 heteroatoms. The van der Waals surface area contributed by atoms with Crippen LogP contribution in [0.15, 0.2) is 6.07 Å². The molecule has 3 fully saturated rings. The molecule has 3 amide bonds. The Morgan fingerprint density at radius 3 is 2.41 bits per heavy atom. The summed E-state index contributed by atoms with van der Waals surface area (Å²) in [6.07, 6.45) is 7.00. The van der Waals surface area contributed by atoms with E-state index in [-0.39, 0.29) is 18.0 Å². The lowest BCUT2D eigenvalue weighted by Crippen LogP contribution is -2.49. The van der Waals surface area contributed by atoms with Gasteiger partial charge in [0.2, 0.25) is 0 Å². The molecule has 3 N–H and O–H groups in total. The molecule has 0 aromatic heterocycles. The van der Waals surface area contributed by atoms with Crippen LogP contribution in [0.1, 0.15) is 54.4 Å². The quantitative estimate of drug-likeness (QED) is 0.634. The molecular formula is C25H36ClN5O3. The van der Waals surface area contributed by atoms with Crippen molar-refractivity contribution in [1.82, 2.24) is 20.0 Å². The standard InChI is InChI=1S/C25H36ClN5O3/c26-21-15-20(23-19(22(21)27)7-14-34-23)24(32)28-18-5-10-29(11-6-18)16-17-3-12-31(13-4-17)25(33)30-8-1-2-9-30/h15,17-18H,1-14,16,27H2,(H,28,32). The third-order valence-corrected chi connectivity index (χ3v) is 8.23. The Balaban J connectivity index is 1.06. The van der Waals surface area contributed by atoms with Gasteiger partial charge in [-0.05, 0) is 50.5 Å². The third-order valence-electron chi connectivity index (χ3n) is 7.92. The molecule has 0 atom stereocenters. The highest BCUT2D eigenvalue weighted by molar-refractivity contribution is 6.33. The fourth-order valence-electron chi connectivity index (χ4n) is 5.84. The largest absolute Gasteiger partial charge is 0.492 e. The Hall–Kier alpha value is -2.19. The van der Waals surface area contributed by atoms with Crippen LogP contribution in [0.4, 0.5) is 10.5 Å². The van der Waals surface area contributed by atoms with Gasteiger partial charge in [-0.25, -0.2) is 4.79 Å². The molecule has 186 valence electrons. The minimum absolute atomic E-state index is 0.131. The van der Waals surface area contributed by atoms with Gasteiger partial charge in [-0.15, -0.1) is 0 Å². The van der Waals surface area contributed by atoms with E-state index >= 15 is 0 Å². The van der Waals surface area contributed by atoms with Crippen molar-refractivity contribution in [3.8, 4) is 5.75 Å². The molecular weight excluding hydrogens is 454 g/mol. The van der Waals surface area contributed by atoms with Crippen molar-refractivity contribution in [2.45, 2.75) is 51.0 Å². The molecule has 0 radical (unpaired) electrons. The maximum Gasteiger partial charge on any atom is 0.319 e. The number of hydrogen-bond donors (Lipinski definition) is 2. The number of amides is 3. The molecule has 1 aromatic rings. The van der Waals surface area contributed by atoms with Crippen LogP contribution < -0.4 is 15.8 Å². The first-order chi connectivity index (χ1) is 16.5. The van der Waals surface area contributed by atoms with Crippen LogP contribution >= 0.6 is 11.6 Å². The topological polar surface area (TPSA) is 91.1 Å². The smallest absolute Gasteiger partial charge is 0.319 e. The number of hydrogen-bond acceptors (Lipinski definition) is 5. The summed E-state index contributed by atoms with van der Waals surface area (Å²) in [5.74, 6) is 1.10. The molecule has 0 unspecified atom stereocenters. The highest BCUT2D eigenvalue weighted by atomic mass is 35.5. The fourth-order valence-corrected chi connectivity index (χ4v) is 6.06. The van der Waals surface area contributed by atoms with Crippen molar-refractivity contribution in [3.05, 3.63) is 22.2 Å². The van der Waals surface area contributed by atoms with Crippen molar-refractivity contribution in [2.24, 2.45) is 5.92 Å². The van der Waals surface area contributed by atoms with Crippen LogP contribution in [0.2, 0.25) is 5.02 Å². The number of nitrogens with one attached hydrogen (secondary N) is 1. The van der Waals surface area contributed by atoms with Crippen LogP contribution in [-0.2, 0) is 6.42 Å². The summed E-state index contributed by atoms with van der Waals surface area (Å²) in [7, 11) is 0. The summed E-state index contributed by atoms with van der Waals surface area (Å²) < 4.78 is 5.69. The molecule has 0 bridgehead atoms. The molecule has 4 aliphatic rings. The maximum absolute atomic E-state index is 13.0. The molecule has 4 heterocycles. The lowest BCUT2D eigenvalue weighted by Gasteiger charge is -2.38. The van der Waals surface area contributed by atoms with Crippen molar-refractivity contribution >= 4 is 29.2 Å². The number of piperidine rings is 2. The molecule has 3 saturated heterocycles. The Labute approximate surface area is 206 Å². The highest BCUT2D eigenvalue weighted by Gasteiger charge is 2.31. The fraction of sp³-hybridized carbons (Fsp3) is 0.680. The summed E-state index contributed by atoms with van der Waals surface area (Å²) in [4.78, 5) is 32.2. The van der Waals surface area contributed by atoms with Crippen molar-refractivity contribution < 1.29 is 14.3 Å². The normalized spacial score (nSPS) is 22.0. The van der Waals surface area contributed by atoms with Crippen molar-refractivity contribution in [3.63, 3.8) is 0 Å². The van der Waals surface area contributed by atoms with Crippen LogP contribution in [0, 0.1) is 5.92 Å². The van der Waals surface area contributed by atoms with Gasteiger partial charge < -0.3 is 30.5 Å². The molecule has 8 nitrogen and oxygen atoms in total. The second-order valence-corrected chi connectivity index (χ2v) is 10.6. The lowest BCUT2D eigenvalue weighted by molar-refractivity contribution is 0.0886. The van der Waals surface area contributed by atoms with Gasteiger partial charge in [-0.1, -0.05) is 11.6 Å². The van der Waals surface area contributed by atoms with Gasteiger partial charge in [0.25, 0.3) is 5.91 Å². The Bertz CT molecular complexity index is 920. The Morgan fingerprint density at radius 2 is 1.71 bits per heavy atom. The number of ether oxygens (including phenoxy) is 1. The number of urea groups is 1. The van der Waals surface area contributed by atoms with Crippen LogP contribution in [0.3, 0.4) is 0 Å². The van der Waals surface area contributed by atoms with E-state index in [1.807, 2.05) is 9.80 Å². The second-order valence-electron chi connectivity index (χ2n) is 10.2. The zero-order chi connectivity index (χ0) is 23.7. The van der Waals surface area contributed by atoms with Crippen LogP contribution in [0.25, 0.3) is 0 Å². The van der Waals surface area contributed by atoms with E-state index in [9.17, 15) is 9.59 Å². The van der Waals surface area contributed by atoms with E-state index in [1.54, 1.807) is 6.07 Å². The van der Waals surface area contributed by atoms with E-state index < -0.39 is 0 Å². The van der Waals surface area contributed by atoms with Gasteiger partial charge in [0.15, 0.2) is 0 Å². The van der Waals surface area contributed by atoms with E-state index in [2.05, 4.69) is 10.2 Å². The van der Waals surface area contributed by atoms with Gasteiger partial charge in [0.1, 0.15) is 5.75 Å². The number of rotatable bonds is 4. The number of anilines is 1. The number of benzene rings is 1. The molecule has 5 rings (SSSR count). The molecule has 0 aliphatic carbocycles. The van der Waals surface area contributed by atoms with Gasteiger partial charge in [-0.2, -0.15) is 0 Å². The average Bonchev–Trinajstić information content (AvgIpc) is 3.55. The minimum Gasteiger partial charge on any atom is -0.492 e. The van der Waals surface area contributed by atoms with Gasteiger partial charge in [0.05, 0.1) is 22.9 Å². The number of carbonyl (C=O) groups excluding carboxylic acids is 2. The first-order valence-electron chi connectivity index (χ1n) is 12.8. The predicted molar refractivity (Wildman–Crippen MR) is 132 cm³/mol. The summed E-state index contributed by atoms with van der Waals surface area (Å²) in [6, 6.07) is 2.02. The molecule has 34 heavy (non-hydrogen) atoms. The predicted octanol–water partition coefficient (Wildman–Crippen LogP) is 2.98. The number of nitrogens with zero attached hydrogens (tertiary/aromatic N) is 3. The molecule has 0 spiro atoms. The first-order valence-corrected chi connectivity index (χ1v) is 13.2. The molecule has 0 saturated carbocycles. The van der Waals surface area contributed by atoms with Crippen molar-refractivity contribution in [2.75, 3.05) is 58.2 Å². The minimum atomic E-state index is -0.131. The number of carbonyl (C=O) groups is 2. The molecule has 4 aliphatic heterocycles. The van der Waals surface area contributed by atoms with Crippen LogP contribution in [0.5, 0.6) is 5.75 Å². The van der Waals surface area contributed by atoms with Gasteiger partial charge in [0, 0.05) is 63.8 Å². The highest BCUT2D eigenvalue weighted by Crippen LogP contribution is 2.38. The summed E-state index contributed by atoms with van der Waals surface area (Å²) >= 11 is 6.26. The Kier molecular flexibility index (Phi) is 7.06. The van der Waals surface area contributed by atoms with Crippen LogP contribution in [-0.4, -0.2) is 85.1 Å². The maximum atomic E-state index is 13.0. The van der Waals surface area contributed by atoms with Gasteiger partial charge in [-0.3, -0.25) is 4.79 Å². The zero-order valence-electron chi connectivity index (χ0n) is 19.9. The summed E-state index contributed by atoms with van der Waals surface area (Å²) in [5, 5.41) is 3.60.